The van der Waals surface area contributed by atoms with Crippen molar-refractivity contribution in [1.82, 2.24) is 9.80 Å². The molecular weight excluding hydrogens is 332 g/mol. The fraction of sp³-hybridized carbons (Fsp3) is 0.650. The number of amides is 1. The molecule has 6 heteroatoms. The number of rotatable bonds is 4. The van der Waals surface area contributed by atoms with Gasteiger partial charge in [-0.1, -0.05) is 6.07 Å². The highest BCUT2D eigenvalue weighted by Gasteiger charge is 2.47. The lowest BCUT2D eigenvalue weighted by atomic mass is 9.71. The highest BCUT2D eigenvalue weighted by atomic mass is 16.7. The van der Waals surface area contributed by atoms with Crippen LogP contribution in [0.15, 0.2) is 18.2 Å². The number of piperidine rings is 1. The maximum Gasteiger partial charge on any atom is 0.231 e. The Morgan fingerprint density at radius 1 is 1.27 bits per heavy atom. The van der Waals surface area contributed by atoms with Gasteiger partial charge in [0.1, 0.15) is 0 Å². The predicted octanol–water partition coefficient (Wildman–Crippen LogP) is 1.77. The van der Waals surface area contributed by atoms with E-state index in [9.17, 15) is 4.79 Å². The summed E-state index contributed by atoms with van der Waals surface area (Å²) < 4.78 is 16.2. The monoisotopic (exact) mass is 360 g/mol. The van der Waals surface area contributed by atoms with E-state index in [1.54, 1.807) is 7.11 Å². The third kappa shape index (κ3) is 3.28. The number of hydrogen-bond donors (Lipinski definition) is 0. The van der Waals surface area contributed by atoms with Crippen molar-refractivity contribution in [2.45, 2.75) is 19.3 Å². The summed E-state index contributed by atoms with van der Waals surface area (Å²) in [6, 6.07) is 5.77. The van der Waals surface area contributed by atoms with Crippen molar-refractivity contribution in [2.75, 3.05) is 53.7 Å². The molecule has 4 rings (SSSR count). The molecule has 1 aromatic carbocycles. The van der Waals surface area contributed by atoms with Gasteiger partial charge in [-0.25, -0.2) is 0 Å². The molecule has 3 aliphatic heterocycles. The quantitative estimate of drug-likeness (QED) is 0.819. The van der Waals surface area contributed by atoms with E-state index in [1.807, 2.05) is 23.1 Å². The van der Waals surface area contributed by atoms with Gasteiger partial charge in [0.25, 0.3) is 0 Å². The first-order valence-corrected chi connectivity index (χ1v) is 9.43. The average molecular weight is 360 g/mol. The second kappa shape index (κ2) is 7.08. The van der Waals surface area contributed by atoms with Crippen LogP contribution in [0.25, 0.3) is 0 Å². The summed E-state index contributed by atoms with van der Waals surface area (Å²) in [5, 5.41) is 0. The Balaban J connectivity index is 1.36. The Hall–Kier alpha value is -1.79. The van der Waals surface area contributed by atoms with Gasteiger partial charge in [0.2, 0.25) is 12.7 Å². The molecule has 0 bridgehead atoms. The van der Waals surface area contributed by atoms with Crippen molar-refractivity contribution in [2.24, 2.45) is 11.3 Å². The molecule has 0 N–H and O–H groups in total. The third-order valence-corrected chi connectivity index (χ3v) is 6.26. The summed E-state index contributed by atoms with van der Waals surface area (Å²) in [5.74, 6) is 2.27. The number of fused-ring (bicyclic) bond motifs is 1. The molecule has 2 saturated heterocycles. The average Bonchev–Trinajstić information content (AvgIpc) is 3.20. The van der Waals surface area contributed by atoms with Crippen LogP contribution in [0, 0.1) is 11.3 Å². The topological polar surface area (TPSA) is 51.2 Å². The van der Waals surface area contributed by atoms with Gasteiger partial charge in [-0.15, -0.1) is 0 Å². The maximum absolute atomic E-state index is 12.8. The molecule has 0 saturated carbocycles. The molecule has 3 heterocycles. The molecule has 2 fully saturated rings. The van der Waals surface area contributed by atoms with Gasteiger partial charge in [-0.2, -0.15) is 0 Å². The van der Waals surface area contributed by atoms with Gasteiger partial charge in [0, 0.05) is 39.2 Å². The van der Waals surface area contributed by atoms with E-state index in [4.69, 9.17) is 14.2 Å². The molecule has 1 spiro atoms. The lowest BCUT2D eigenvalue weighted by Crippen LogP contribution is -2.47. The number of methoxy groups -OCH3 is 1. The number of ether oxygens (including phenoxy) is 3. The first-order chi connectivity index (χ1) is 12.6. The Morgan fingerprint density at radius 3 is 2.81 bits per heavy atom. The lowest BCUT2D eigenvalue weighted by molar-refractivity contribution is -0.133. The Labute approximate surface area is 155 Å². The van der Waals surface area contributed by atoms with Crippen molar-refractivity contribution in [1.29, 1.82) is 0 Å². The summed E-state index contributed by atoms with van der Waals surface area (Å²) in [6.45, 7) is 4.98. The van der Waals surface area contributed by atoms with Crippen molar-refractivity contribution in [3.05, 3.63) is 23.8 Å². The summed E-state index contributed by atoms with van der Waals surface area (Å²) in [7, 11) is 3.98. The van der Waals surface area contributed by atoms with E-state index >= 15 is 0 Å². The second-order valence-corrected chi connectivity index (χ2v) is 7.96. The van der Waals surface area contributed by atoms with Gasteiger partial charge >= 0.3 is 0 Å². The van der Waals surface area contributed by atoms with E-state index in [0.717, 1.165) is 62.7 Å². The van der Waals surface area contributed by atoms with Crippen LogP contribution in [-0.4, -0.2) is 69.4 Å². The minimum absolute atomic E-state index is 0.202. The standard InChI is InChI=1S/C20H28N2O4/c1-21-11-16(12-24-2)20(13-21)5-7-22(8-6-20)19(23)10-15-3-4-17-18(9-15)26-14-25-17/h3-4,9,16H,5-8,10-14H2,1-2H3/t16-/m0/s1. The zero-order valence-corrected chi connectivity index (χ0v) is 15.7. The van der Waals surface area contributed by atoms with Gasteiger partial charge in [-0.3, -0.25) is 4.79 Å². The molecule has 0 radical (unpaired) electrons. The zero-order chi connectivity index (χ0) is 18.1. The number of carbonyl (C=O) groups excluding carboxylic acids is 1. The van der Waals surface area contributed by atoms with Crippen LogP contribution >= 0.6 is 0 Å². The van der Waals surface area contributed by atoms with Crippen molar-refractivity contribution < 1.29 is 19.0 Å². The molecule has 1 atom stereocenters. The molecular formula is C20H28N2O4. The normalized spacial score (nSPS) is 24.4. The minimum Gasteiger partial charge on any atom is -0.454 e. The Bertz CT molecular complexity index is 670. The maximum atomic E-state index is 12.8. The van der Waals surface area contributed by atoms with E-state index in [2.05, 4.69) is 11.9 Å². The number of hydrogen-bond acceptors (Lipinski definition) is 5. The smallest absolute Gasteiger partial charge is 0.231 e. The fourth-order valence-corrected chi connectivity index (χ4v) is 4.84. The number of benzene rings is 1. The van der Waals surface area contributed by atoms with Crippen LogP contribution in [0.2, 0.25) is 0 Å². The first kappa shape index (κ1) is 17.6. The molecule has 0 unspecified atom stereocenters. The highest BCUT2D eigenvalue weighted by Crippen LogP contribution is 2.44. The molecule has 142 valence electrons. The SMILES string of the molecule is COC[C@@H]1CN(C)CC12CCN(C(=O)Cc1ccc3c(c1)OCO3)CC2. The summed E-state index contributed by atoms with van der Waals surface area (Å²) >= 11 is 0. The Kier molecular flexibility index (Phi) is 4.80. The van der Waals surface area contributed by atoms with Crippen molar-refractivity contribution in [3.63, 3.8) is 0 Å². The van der Waals surface area contributed by atoms with Crippen LogP contribution in [0.1, 0.15) is 18.4 Å². The fourth-order valence-electron chi connectivity index (χ4n) is 4.84. The number of carbonyl (C=O) groups is 1. The molecule has 0 aromatic heterocycles. The first-order valence-electron chi connectivity index (χ1n) is 9.43. The number of likely N-dealkylation sites (tertiary alicyclic amines) is 2. The molecule has 0 aliphatic carbocycles. The van der Waals surface area contributed by atoms with E-state index < -0.39 is 0 Å². The summed E-state index contributed by atoms with van der Waals surface area (Å²) in [5.41, 5.74) is 1.29. The van der Waals surface area contributed by atoms with Gasteiger partial charge in [-0.05, 0) is 43.0 Å². The molecule has 3 aliphatic rings. The Morgan fingerprint density at radius 2 is 2.04 bits per heavy atom. The third-order valence-electron chi connectivity index (χ3n) is 6.26. The minimum atomic E-state index is 0.202. The van der Waals surface area contributed by atoms with E-state index in [1.165, 1.54) is 0 Å². The second-order valence-electron chi connectivity index (χ2n) is 7.96. The molecule has 26 heavy (non-hydrogen) atoms. The number of nitrogens with zero attached hydrogens (tertiary/aromatic N) is 2. The largest absolute Gasteiger partial charge is 0.454 e. The van der Waals surface area contributed by atoms with Gasteiger partial charge in [0.05, 0.1) is 13.0 Å². The molecule has 1 aromatic rings. The predicted molar refractivity (Wildman–Crippen MR) is 97.4 cm³/mol. The van der Waals surface area contributed by atoms with Crippen LogP contribution in [0.4, 0.5) is 0 Å². The van der Waals surface area contributed by atoms with E-state index in [-0.39, 0.29) is 12.7 Å². The molecule has 6 nitrogen and oxygen atoms in total. The van der Waals surface area contributed by atoms with Crippen LogP contribution in [0.5, 0.6) is 11.5 Å². The molecule has 1 amide bonds. The van der Waals surface area contributed by atoms with E-state index in [0.29, 0.717) is 17.8 Å². The van der Waals surface area contributed by atoms with Gasteiger partial charge < -0.3 is 24.0 Å². The van der Waals surface area contributed by atoms with Crippen LogP contribution in [-0.2, 0) is 16.0 Å². The summed E-state index contributed by atoms with van der Waals surface area (Å²) in [4.78, 5) is 17.2. The summed E-state index contributed by atoms with van der Waals surface area (Å²) in [6.07, 6.45) is 2.56. The zero-order valence-electron chi connectivity index (χ0n) is 15.7. The van der Waals surface area contributed by atoms with Crippen molar-refractivity contribution >= 4 is 5.91 Å². The highest BCUT2D eigenvalue weighted by molar-refractivity contribution is 5.79. The lowest BCUT2D eigenvalue weighted by Gasteiger charge is -2.42. The van der Waals surface area contributed by atoms with Gasteiger partial charge in [0.15, 0.2) is 11.5 Å². The van der Waals surface area contributed by atoms with Crippen LogP contribution in [0.3, 0.4) is 0 Å². The van der Waals surface area contributed by atoms with Crippen molar-refractivity contribution in [3.8, 4) is 11.5 Å². The van der Waals surface area contributed by atoms with Crippen LogP contribution < -0.4 is 9.47 Å².